The van der Waals surface area contributed by atoms with E-state index in [1.807, 2.05) is 5.51 Å². The van der Waals surface area contributed by atoms with E-state index >= 15 is 0 Å². The summed E-state index contributed by atoms with van der Waals surface area (Å²) >= 11 is 7.13. The molecule has 50 valence electrons. The molecule has 0 amide bonds. The van der Waals surface area contributed by atoms with Crippen LogP contribution >= 0.6 is 22.9 Å². The van der Waals surface area contributed by atoms with E-state index in [0.717, 1.165) is 18.7 Å². The summed E-state index contributed by atoms with van der Waals surface area (Å²) in [4.78, 5) is 4.11. The highest BCUT2D eigenvalue weighted by atomic mass is 35.5. The van der Waals surface area contributed by atoms with Gasteiger partial charge in [-0.3, -0.25) is 0 Å². The van der Waals surface area contributed by atoms with Gasteiger partial charge in [0.25, 0.3) is 0 Å². The second-order valence-corrected chi connectivity index (χ2v) is 2.87. The largest absolute Gasteiger partial charge is 0.250 e. The molecule has 0 saturated heterocycles. The maximum absolute atomic E-state index is 5.49. The predicted molar refractivity (Wildman–Crippen MR) is 41.2 cm³/mol. The lowest BCUT2D eigenvalue weighted by atomic mass is 10.3. The minimum absolute atomic E-state index is 0.734. The quantitative estimate of drug-likeness (QED) is 0.620. The van der Waals surface area contributed by atoms with Crippen molar-refractivity contribution in [2.45, 2.75) is 12.8 Å². The molecule has 0 aliphatic carbocycles. The van der Waals surface area contributed by atoms with Crippen molar-refractivity contribution in [3.8, 4) is 0 Å². The van der Waals surface area contributed by atoms with Crippen LogP contribution in [-0.4, -0.2) is 10.9 Å². The lowest BCUT2D eigenvalue weighted by molar-refractivity contribution is 0.899. The second kappa shape index (κ2) is 3.85. The fraction of sp³-hybridized carbons (Fsp3) is 0.500. The van der Waals surface area contributed by atoms with Crippen molar-refractivity contribution in [2.24, 2.45) is 0 Å². The van der Waals surface area contributed by atoms with Crippen molar-refractivity contribution in [1.29, 1.82) is 0 Å². The molecular formula is C6H8ClNS. The van der Waals surface area contributed by atoms with E-state index < -0.39 is 0 Å². The number of hydrogen-bond acceptors (Lipinski definition) is 2. The number of rotatable bonds is 3. The Balaban J connectivity index is 2.30. The SMILES string of the molecule is ClCCCc1cscn1. The molecule has 0 radical (unpaired) electrons. The number of hydrogen-bond donors (Lipinski definition) is 0. The molecule has 1 rings (SSSR count). The zero-order valence-electron chi connectivity index (χ0n) is 5.01. The van der Waals surface area contributed by atoms with Crippen LogP contribution in [0, 0.1) is 0 Å². The first-order valence-electron chi connectivity index (χ1n) is 2.86. The van der Waals surface area contributed by atoms with E-state index in [1.165, 1.54) is 5.69 Å². The Bertz CT molecular complexity index is 150. The maximum atomic E-state index is 5.49. The van der Waals surface area contributed by atoms with Gasteiger partial charge in [-0.1, -0.05) is 0 Å². The van der Waals surface area contributed by atoms with Crippen LogP contribution in [0.3, 0.4) is 0 Å². The van der Waals surface area contributed by atoms with Gasteiger partial charge in [0.05, 0.1) is 11.2 Å². The summed E-state index contributed by atoms with van der Waals surface area (Å²) in [5.41, 5.74) is 3.02. The summed E-state index contributed by atoms with van der Waals surface area (Å²) < 4.78 is 0. The van der Waals surface area contributed by atoms with Gasteiger partial charge < -0.3 is 0 Å². The van der Waals surface area contributed by atoms with Crippen LogP contribution in [0.15, 0.2) is 10.9 Å². The number of nitrogens with zero attached hydrogens (tertiary/aromatic N) is 1. The number of halogens is 1. The van der Waals surface area contributed by atoms with Crippen molar-refractivity contribution in [1.82, 2.24) is 4.98 Å². The number of alkyl halides is 1. The molecule has 0 saturated carbocycles. The van der Waals surface area contributed by atoms with Gasteiger partial charge >= 0.3 is 0 Å². The minimum atomic E-state index is 0.734. The lowest BCUT2D eigenvalue weighted by Gasteiger charge is -1.88. The Hall–Kier alpha value is -0.0800. The highest BCUT2D eigenvalue weighted by Gasteiger charge is 1.91. The summed E-state index contributed by atoms with van der Waals surface area (Å²) in [6.45, 7) is 0. The number of thiazole rings is 1. The Morgan fingerprint density at radius 3 is 3.11 bits per heavy atom. The molecule has 0 fully saturated rings. The van der Waals surface area contributed by atoms with Crippen LogP contribution < -0.4 is 0 Å². The molecule has 1 nitrogen and oxygen atoms in total. The van der Waals surface area contributed by atoms with E-state index in [4.69, 9.17) is 11.6 Å². The Kier molecular flexibility index (Phi) is 3.01. The zero-order chi connectivity index (χ0) is 6.53. The molecule has 3 heteroatoms. The fourth-order valence-electron chi connectivity index (χ4n) is 0.609. The Labute approximate surface area is 63.7 Å². The molecule has 0 aromatic carbocycles. The average Bonchev–Trinajstić information content (AvgIpc) is 2.34. The van der Waals surface area contributed by atoms with Gasteiger partial charge in [-0.2, -0.15) is 0 Å². The first kappa shape index (κ1) is 7.03. The normalized spacial score (nSPS) is 9.89. The Morgan fingerprint density at radius 2 is 2.56 bits per heavy atom. The summed E-state index contributed by atoms with van der Waals surface area (Å²) in [5, 5.41) is 2.06. The van der Waals surface area contributed by atoms with Gasteiger partial charge in [-0.05, 0) is 12.8 Å². The molecule has 0 aliphatic heterocycles. The summed E-state index contributed by atoms with van der Waals surface area (Å²) in [6, 6.07) is 0. The molecule has 1 aromatic heterocycles. The average molecular weight is 162 g/mol. The molecule has 0 bridgehead atoms. The lowest BCUT2D eigenvalue weighted by Crippen LogP contribution is -1.84. The molecule has 0 spiro atoms. The molecular weight excluding hydrogens is 154 g/mol. The smallest absolute Gasteiger partial charge is 0.0794 e. The van der Waals surface area contributed by atoms with E-state index in [0.29, 0.717) is 0 Å². The van der Waals surface area contributed by atoms with Crippen LogP contribution in [0.25, 0.3) is 0 Å². The third-order valence-corrected chi connectivity index (χ3v) is 1.95. The highest BCUT2D eigenvalue weighted by Crippen LogP contribution is 2.03. The number of aromatic nitrogens is 1. The second-order valence-electron chi connectivity index (χ2n) is 1.77. The van der Waals surface area contributed by atoms with Crippen molar-refractivity contribution >= 4 is 22.9 Å². The van der Waals surface area contributed by atoms with Crippen LogP contribution in [0.1, 0.15) is 12.1 Å². The predicted octanol–water partition coefficient (Wildman–Crippen LogP) is 2.31. The van der Waals surface area contributed by atoms with Gasteiger partial charge in [0.1, 0.15) is 0 Å². The van der Waals surface area contributed by atoms with Crippen LogP contribution in [0.2, 0.25) is 0 Å². The molecule has 0 N–H and O–H groups in total. The Morgan fingerprint density at radius 1 is 1.67 bits per heavy atom. The van der Waals surface area contributed by atoms with E-state index in [9.17, 15) is 0 Å². The van der Waals surface area contributed by atoms with Crippen molar-refractivity contribution in [2.75, 3.05) is 5.88 Å². The first-order valence-corrected chi connectivity index (χ1v) is 4.34. The fourth-order valence-corrected chi connectivity index (χ4v) is 1.34. The van der Waals surface area contributed by atoms with Crippen LogP contribution in [0.5, 0.6) is 0 Å². The first-order chi connectivity index (χ1) is 4.43. The minimum Gasteiger partial charge on any atom is -0.250 e. The van der Waals surface area contributed by atoms with Crippen LogP contribution in [0.4, 0.5) is 0 Å². The third-order valence-electron chi connectivity index (χ3n) is 1.05. The van der Waals surface area contributed by atoms with Crippen LogP contribution in [-0.2, 0) is 6.42 Å². The van der Waals surface area contributed by atoms with Gasteiger partial charge in [0.2, 0.25) is 0 Å². The van der Waals surface area contributed by atoms with Crippen molar-refractivity contribution in [3.63, 3.8) is 0 Å². The van der Waals surface area contributed by atoms with Gasteiger partial charge in [0, 0.05) is 11.3 Å². The van der Waals surface area contributed by atoms with Crippen molar-refractivity contribution in [3.05, 3.63) is 16.6 Å². The topological polar surface area (TPSA) is 12.9 Å². The van der Waals surface area contributed by atoms with Crippen molar-refractivity contribution < 1.29 is 0 Å². The van der Waals surface area contributed by atoms with Gasteiger partial charge in [-0.25, -0.2) is 4.98 Å². The molecule has 0 aliphatic rings. The van der Waals surface area contributed by atoms with Gasteiger partial charge in [-0.15, -0.1) is 22.9 Å². The summed E-state index contributed by atoms with van der Waals surface area (Å²) in [7, 11) is 0. The standard InChI is InChI=1S/C6H8ClNS/c7-3-1-2-6-4-9-5-8-6/h4-5H,1-3H2. The monoisotopic (exact) mass is 161 g/mol. The molecule has 1 heterocycles. The van der Waals surface area contributed by atoms with E-state index in [1.54, 1.807) is 11.3 Å². The summed E-state index contributed by atoms with van der Waals surface area (Å²) in [5.74, 6) is 0.734. The van der Waals surface area contributed by atoms with E-state index in [-0.39, 0.29) is 0 Å². The number of aryl methyl sites for hydroxylation is 1. The molecule has 0 atom stereocenters. The maximum Gasteiger partial charge on any atom is 0.0794 e. The zero-order valence-corrected chi connectivity index (χ0v) is 6.58. The molecule has 9 heavy (non-hydrogen) atoms. The van der Waals surface area contributed by atoms with E-state index in [2.05, 4.69) is 10.4 Å². The molecule has 1 aromatic rings. The molecule has 0 unspecified atom stereocenters. The van der Waals surface area contributed by atoms with Gasteiger partial charge in [0.15, 0.2) is 0 Å². The highest BCUT2D eigenvalue weighted by molar-refractivity contribution is 7.07. The summed E-state index contributed by atoms with van der Waals surface area (Å²) in [6.07, 6.45) is 2.05. The third kappa shape index (κ3) is 2.33.